The summed E-state index contributed by atoms with van der Waals surface area (Å²) in [4.78, 5) is 4.48. The minimum atomic E-state index is -0.242. The van der Waals surface area contributed by atoms with Gasteiger partial charge in [0.15, 0.2) is 0 Å². The van der Waals surface area contributed by atoms with Crippen molar-refractivity contribution < 1.29 is 4.39 Å². The molecule has 0 radical (unpaired) electrons. The van der Waals surface area contributed by atoms with Crippen molar-refractivity contribution in [3.63, 3.8) is 0 Å². The molecular weight excluding hydrogens is 329 g/mol. The standard InChI is InChI=1S/C17H18FN5.ClH/c1-10-6-7-21-14-8-12(11-2-4-13(18)5-3-11)9-15(16(10)14)22-23-17(19)20;/h2-7,12H,8-9H2,1H3,(H4,19,20,23);1H. The highest BCUT2D eigenvalue weighted by Crippen LogP contribution is 2.33. The van der Waals surface area contributed by atoms with Gasteiger partial charge in [0.2, 0.25) is 5.96 Å². The summed E-state index contributed by atoms with van der Waals surface area (Å²) in [5, 5.41) is 8.02. The number of hydrogen-bond acceptors (Lipinski definition) is 3. The molecule has 0 saturated heterocycles. The average molecular weight is 348 g/mol. The molecule has 4 N–H and O–H groups in total. The van der Waals surface area contributed by atoms with Gasteiger partial charge in [0.25, 0.3) is 0 Å². The van der Waals surface area contributed by atoms with E-state index in [0.29, 0.717) is 6.42 Å². The number of nitrogens with zero attached hydrogens (tertiary/aromatic N) is 3. The Morgan fingerprint density at radius 3 is 2.54 bits per heavy atom. The molecule has 1 aromatic carbocycles. The van der Waals surface area contributed by atoms with Gasteiger partial charge in [0.05, 0.1) is 11.4 Å². The molecule has 0 amide bonds. The summed E-state index contributed by atoms with van der Waals surface area (Å²) >= 11 is 0. The lowest BCUT2D eigenvalue weighted by Crippen LogP contribution is -2.24. The lowest BCUT2D eigenvalue weighted by atomic mass is 9.80. The van der Waals surface area contributed by atoms with E-state index in [1.54, 1.807) is 18.3 Å². The third-order valence-corrected chi connectivity index (χ3v) is 4.03. The number of guanidine groups is 1. The van der Waals surface area contributed by atoms with Gasteiger partial charge in [-0.2, -0.15) is 5.10 Å². The van der Waals surface area contributed by atoms with Crippen LogP contribution >= 0.6 is 12.4 Å². The fraction of sp³-hybridized carbons (Fsp3) is 0.235. The number of hydrogen-bond donors (Lipinski definition) is 2. The molecule has 7 heteroatoms. The number of aromatic nitrogens is 1. The third kappa shape index (κ3) is 3.71. The van der Waals surface area contributed by atoms with Gasteiger partial charge in [-0.3, -0.25) is 4.98 Å². The minimum absolute atomic E-state index is 0. The van der Waals surface area contributed by atoms with Crippen LogP contribution in [0.5, 0.6) is 0 Å². The topological polar surface area (TPSA) is 89.6 Å². The van der Waals surface area contributed by atoms with E-state index in [4.69, 9.17) is 11.5 Å². The molecular formula is C17H19ClFN5. The number of halogens is 2. The van der Waals surface area contributed by atoms with Crippen molar-refractivity contribution in [3.8, 4) is 0 Å². The number of benzene rings is 1. The summed E-state index contributed by atoms with van der Waals surface area (Å²) < 4.78 is 13.2. The quantitative estimate of drug-likeness (QED) is 0.497. The summed E-state index contributed by atoms with van der Waals surface area (Å²) in [6.45, 7) is 2.02. The van der Waals surface area contributed by atoms with Crippen LogP contribution in [-0.2, 0) is 6.42 Å². The largest absolute Gasteiger partial charge is 0.369 e. The predicted molar refractivity (Wildman–Crippen MR) is 96.0 cm³/mol. The number of pyridine rings is 1. The fourth-order valence-electron chi connectivity index (χ4n) is 2.98. The summed E-state index contributed by atoms with van der Waals surface area (Å²) in [6, 6.07) is 8.50. The highest BCUT2D eigenvalue weighted by Gasteiger charge is 2.27. The molecule has 1 unspecified atom stereocenters. The van der Waals surface area contributed by atoms with Crippen molar-refractivity contribution in [2.75, 3.05) is 0 Å². The number of nitrogens with two attached hydrogens (primary N) is 2. The highest BCUT2D eigenvalue weighted by molar-refractivity contribution is 6.04. The van der Waals surface area contributed by atoms with Crippen LogP contribution in [0.1, 0.15) is 34.7 Å². The second-order valence-electron chi connectivity index (χ2n) is 5.68. The van der Waals surface area contributed by atoms with Crippen molar-refractivity contribution in [3.05, 3.63) is 64.7 Å². The number of rotatable bonds is 2. The minimum Gasteiger partial charge on any atom is -0.369 e. The van der Waals surface area contributed by atoms with Gasteiger partial charge in [-0.1, -0.05) is 12.1 Å². The van der Waals surface area contributed by atoms with Crippen LogP contribution in [0.3, 0.4) is 0 Å². The number of fused-ring (bicyclic) bond motifs is 1. The Bertz CT molecular complexity index is 782. The van der Waals surface area contributed by atoms with E-state index < -0.39 is 0 Å². The summed E-state index contributed by atoms with van der Waals surface area (Å²) in [5.41, 5.74) is 15.7. The smallest absolute Gasteiger partial charge is 0.211 e. The maximum atomic E-state index is 13.2. The maximum Gasteiger partial charge on any atom is 0.211 e. The Morgan fingerprint density at radius 1 is 1.17 bits per heavy atom. The molecule has 5 nitrogen and oxygen atoms in total. The third-order valence-electron chi connectivity index (χ3n) is 4.03. The monoisotopic (exact) mass is 347 g/mol. The lowest BCUT2D eigenvalue weighted by molar-refractivity contribution is 0.622. The van der Waals surface area contributed by atoms with E-state index in [9.17, 15) is 4.39 Å². The Balaban J connectivity index is 0.00000208. The van der Waals surface area contributed by atoms with Crippen LogP contribution < -0.4 is 11.5 Å². The molecule has 24 heavy (non-hydrogen) atoms. The van der Waals surface area contributed by atoms with E-state index in [0.717, 1.165) is 34.5 Å². The summed E-state index contributed by atoms with van der Waals surface area (Å²) in [5.74, 6) is -0.150. The first-order valence-electron chi connectivity index (χ1n) is 7.40. The van der Waals surface area contributed by atoms with E-state index in [-0.39, 0.29) is 30.1 Å². The normalized spacial score (nSPS) is 17.8. The zero-order valence-corrected chi connectivity index (χ0v) is 14.1. The molecule has 0 aliphatic heterocycles. The Morgan fingerprint density at radius 2 is 1.88 bits per heavy atom. The molecule has 1 atom stereocenters. The van der Waals surface area contributed by atoms with Gasteiger partial charge in [-0.15, -0.1) is 17.5 Å². The van der Waals surface area contributed by atoms with E-state index >= 15 is 0 Å². The van der Waals surface area contributed by atoms with Crippen molar-refractivity contribution in [2.24, 2.45) is 21.7 Å². The van der Waals surface area contributed by atoms with Gasteiger partial charge in [-0.05, 0) is 55.0 Å². The summed E-state index contributed by atoms with van der Waals surface area (Å²) in [7, 11) is 0. The molecule has 0 fully saturated rings. The molecule has 1 aromatic heterocycles. The molecule has 126 valence electrons. The van der Waals surface area contributed by atoms with Crippen LogP contribution in [0.4, 0.5) is 4.39 Å². The van der Waals surface area contributed by atoms with Crippen LogP contribution in [0.2, 0.25) is 0 Å². The van der Waals surface area contributed by atoms with Gasteiger partial charge in [0, 0.05) is 11.8 Å². The number of aryl methyl sites for hydroxylation is 1. The SMILES string of the molecule is Cc1ccnc2c1C(=NN=C(N)N)CC(c1ccc(F)cc1)C2.Cl. The van der Waals surface area contributed by atoms with Crippen LogP contribution in [0.15, 0.2) is 46.7 Å². The Labute approximate surface area is 146 Å². The zero-order valence-electron chi connectivity index (χ0n) is 13.2. The molecule has 3 rings (SSSR count). The van der Waals surface area contributed by atoms with Crippen LogP contribution in [0.25, 0.3) is 0 Å². The lowest BCUT2D eigenvalue weighted by Gasteiger charge is -2.26. The first kappa shape index (κ1) is 17.9. The van der Waals surface area contributed by atoms with E-state index in [2.05, 4.69) is 15.2 Å². The zero-order chi connectivity index (χ0) is 16.4. The Hall–Kier alpha value is -2.47. The molecule has 1 heterocycles. The van der Waals surface area contributed by atoms with Crippen molar-refractivity contribution >= 4 is 24.1 Å². The molecule has 0 bridgehead atoms. The predicted octanol–water partition coefficient (Wildman–Crippen LogP) is 2.66. The maximum absolute atomic E-state index is 13.2. The first-order valence-corrected chi connectivity index (χ1v) is 7.40. The molecule has 0 spiro atoms. The van der Waals surface area contributed by atoms with Crippen LogP contribution in [0, 0.1) is 12.7 Å². The van der Waals surface area contributed by atoms with Gasteiger partial charge < -0.3 is 11.5 Å². The van der Waals surface area contributed by atoms with E-state index in [1.807, 2.05) is 13.0 Å². The van der Waals surface area contributed by atoms with Crippen LogP contribution in [-0.4, -0.2) is 16.7 Å². The molecule has 2 aromatic rings. The Kier molecular flexibility index (Phi) is 5.51. The van der Waals surface area contributed by atoms with Crippen molar-refractivity contribution in [1.29, 1.82) is 0 Å². The fourth-order valence-corrected chi connectivity index (χ4v) is 2.98. The molecule has 0 saturated carbocycles. The highest BCUT2D eigenvalue weighted by atomic mass is 35.5. The molecule has 1 aliphatic rings. The first-order chi connectivity index (χ1) is 11.0. The van der Waals surface area contributed by atoms with Crippen molar-refractivity contribution in [2.45, 2.75) is 25.7 Å². The van der Waals surface area contributed by atoms with Crippen molar-refractivity contribution in [1.82, 2.24) is 4.98 Å². The van der Waals surface area contributed by atoms with E-state index in [1.165, 1.54) is 12.1 Å². The second-order valence-corrected chi connectivity index (χ2v) is 5.68. The van der Waals surface area contributed by atoms with Gasteiger partial charge in [-0.25, -0.2) is 4.39 Å². The molecule has 1 aliphatic carbocycles. The second kappa shape index (κ2) is 7.40. The summed E-state index contributed by atoms with van der Waals surface area (Å²) in [6.07, 6.45) is 3.25. The average Bonchev–Trinajstić information content (AvgIpc) is 2.53. The van der Waals surface area contributed by atoms with Gasteiger partial charge in [0.1, 0.15) is 5.82 Å². The van der Waals surface area contributed by atoms with Gasteiger partial charge >= 0.3 is 0 Å².